The number of sulfonamides is 1. The summed E-state index contributed by atoms with van der Waals surface area (Å²) in [4.78, 5) is 57.1. The van der Waals surface area contributed by atoms with Crippen molar-refractivity contribution in [2.75, 3.05) is 7.11 Å². The van der Waals surface area contributed by atoms with Gasteiger partial charge in [-0.15, -0.1) is 16.8 Å². The first-order valence-corrected chi connectivity index (χ1v) is 20.1. The van der Waals surface area contributed by atoms with Gasteiger partial charge in [0.15, 0.2) is 5.78 Å². The van der Waals surface area contributed by atoms with E-state index in [1.165, 1.54) is 29.1 Å². The Kier molecular flexibility index (Phi) is 11.4. The largest absolute Gasteiger partial charge is 0.497 e. The van der Waals surface area contributed by atoms with Crippen molar-refractivity contribution in [2.45, 2.75) is 94.3 Å². The van der Waals surface area contributed by atoms with Crippen LogP contribution in [0.5, 0.6) is 5.75 Å². The van der Waals surface area contributed by atoms with Gasteiger partial charge in [0.25, 0.3) is 15.9 Å². The summed E-state index contributed by atoms with van der Waals surface area (Å²) in [5, 5.41) is 19.1. The van der Waals surface area contributed by atoms with E-state index < -0.39 is 74.5 Å². The summed E-state index contributed by atoms with van der Waals surface area (Å²) in [6, 6.07) is 10.8. The van der Waals surface area contributed by atoms with Crippen LogP contribution >= 0.6 is 11.6 Å². The van der Waals surface area contributed by atoms with Crippen molar-refractivity contribution >= 4 is 45.3 Å². The molecule has 1 heterocycles. The molecule has 0 bridgehead atoms. The van der Waals surface area contributed by atoms with Gasteiger partial charge in [0.05, 0.1) is 24.1 Å². The van der Waals surface area contributed by atoms with Crippen LogP contribution in [0.1, 0.15) is 71.8 Å². The fourth-order valence-electron chi connectivity index (χ4n) is 7.26. The lowest BCUT2D eigenvalue weighted by atomic mass is 9.77. The van der Waals surface area contributed by atoms with E-state index in [1.54, 1.807) is 37.5 Å². The Morgan fingerprint density at radius 1 is 1.05 bits per heavy atom. The fraction of sp³-hybridized carbons (Fsp3) is 0.500. The van der Waals surface area contributed by atoms with Crippen LogP contribution in [-0.2, 0) is 29.1 Å². The van der Waals surface area contributed by atoms with Gasteiger partial charge in [0, 0.05) is 22.4 Å². The summed E-state index contributed by atoms with van der Waals surface area (Å²) in [6.45, 7) is 9.20. The van der Waals surface area contributed by atoms with E-state index in [0.717, 1.165) is 19.3 Å². The highest BCUT2D eigenvalue weighted by molar-refractivity contribution is 7.90. The highest BCUT2D eigenvalue weighted by Gasteiger charge is 2.62. The summed E-state index contributed by atoms with van der Waals surface area (Å²) >= 11 is 5.94. The van der Waals surface area contributed by atoms with Crippen LogP contribution in [0.25, 0.3) is 11.4 Å². The molecule has 3 aliphatic carbocycles. The Labute approximate surface area is 325 Å². The predicted octanol–water partition coefficient (Wildman–Crippen LogP) is 4.79. The minimum absolute atomic E-state index is 0.0942. The number of rotatable bonds is 14. The standard InChI is InChI=1S/C38H46ClN7O8S/c1-6-8-23-21-38(23,35(49)44-55(51,52)28-17-13-24(39)14-18-28)41-34(48)30-20-25(46-43-33(42-45-46)22-11-15-26(53-5)16-12-22)19-29(30)31(47)32(37(2,3)4)40-36(50)54-27-9-7-10-27/h6,11-18,23,25,27,29-30,32H,1,7-10,19-21H2,2-5H3,(H,40,50)(H,41,48)(H,44,49)/t23-,25+,29?,30-,32?,38+/m1/s1. The predicted molar refractivity (Wildman–Crippen MR) is 201 cm³/mol. The molecular formula is C38H46ClN7O8S. The summed E-state index contributed by atoms with van der Waals surface area (Å²) in [5.74, 6) is -3.35. The van der Waals surface area contributed by atoms with Crippen LogP contribution in [0, 0.1) is 23.2 Å². The van der Waals surface area contributed by atoms with Gasteiger partial charge in [-0.1, -0.05) is 38.4 Å². The first-order valence-electron chi connectivity index (χ1n) is 18.2. The summed E-state index contributed by atoms with van der Waals surface area (Å²) < 4.78 is 39.4. The summed E-state index contributed by atoms with van der Waals surface area (Å²) in [6.07, 6.45) is 3.82. The van der Waals surface area contributed by atoms with Gasteiger partial charge in [0.1, 0.15) is 17.4 Å². The number of nitrogens with one attached hydrogen (secondary N) is 3. The van der Waals surface area contributed by atoms with Gasteiger partial charge < -0.3 is 20.1 Å². The van der Waals surface area contributed by atoms with Crippen LogP contribution in [0.2, 0.25) is 5.02 Å². The maximum atomic E-state index is 14.6. The number of benzene rings is 2. The third-order valence-corrected chi connectivity index (χ3v) is 12.3. The zero-order valence-electron chi connectivity index (χ0n) is 31.2. The van der Waals surface area contributed by atoms with E-state index in [-0.39, 0.29) is 30.3 Å². The molecule has 2 unspecified atom stereocenters. The molecule has 294 valence electrons. The molecule has 3 aromatic rings. The Morgan fingerprint density at radius 2 is 1.73 bits per heavy atom. The van der Waals surface area contributed by atoms with Gasteiger partial charge in [-0.3, -0.25) is 14.4 Å². The number of aromatic nitrogens is 4. The minimum atomic E-state index is -4.33. The Morgan fingerprint density at radius 3 is 2.33 bits per heavy atom. The average molecular weight is 796 g/mol. The fourth-order valence-corrected chi connectivity index (χ4v) is 8.43. The number of methoxy groups -OCH3 is 1. The molecule has 6 atom stereocenters. The molecule has 0 spiro atoms. The van der Waals surface area contributed by atoms with Crippen molar-refractivity contribution in [3.05, 3.63) is 66.2 Å². The van der Waals surface area contributed by atoms with E-state index in [9.17, 15) is 27.6 Å². The number of allylic oxidation sites excluding steroid dienone is 1. The van der Waals surface area contributed by atoms with Crippen LogP contribution < -0.4 is 20.1 Å². The molecule has 55 heavy (non-hydrogen) atoms. The summed E-state index contributed by atoms with van der Waals surface area (Å²) in [7, 11) is -2.77. The Hall–Kier alpha value is -4.83. The quantitative estimate of drug-likeness (QED) is 0.190. The second-order valence-electron chi connectivity index (χ2n) is 15.6. The lowest BCUT2D eigenvalue weighted by Crippen LogP contribution is -2.55. The number of carbonyl (C=O) groups is 4. The molecule has 0 radical (unpaired) electrons. The molecular weight excluding hydrogens is 750 g/mol. The van der Waals surface area contributed by atoms with Gasteiger partial charge in [-0.25, -0.2) is 17.9 Å². The van der Waals surface area contributed by atoms with Crippen molar-refractivity contribution in [2.24, 2.45) is 23.2 Å². The van der Waals surface area contributed by atoms with Crippen LogP contribution in [-0.4, -0.2) is 77.1 Å². The van der Waals surface area contributed by atoms with E-state index in [1.807, 2.05) is 20.8 Å². The number of nitrogens with zero attached hydrogens (tertiary/aromatic N) is 4. The van der Waals surface area contributed by atoms with Crippen molar-refractivity contribution in [1.82, 2.24) is 35.6 Å². The van der Waals surface area contributed by atoms with E-state index in [4.69, 9.17) is 21.1 Å². The second-order valence-corrected chi connectivity index (χ2v) is 17.7. The number of carbonyl (C=O) groups excluding carboxylic acids is 4. The minimum Gasteiger partial charge on any atom is -0.497 e. The Bertz CT molecular complexity index is 2050. The molecule has 1 aromatic heterocycles. The SMILES string of the molecule is C=CC[C@@H]1C[C@@]1(NC(=O)[C@@H]1C[C@@H](n2nnc(-c3ccc(OC)cc3)n2)CC1C(=O)C(NC(=O)OC1CCC1)C(C)(C)C)C(=O)NS(=O)(=O)c1ccc(Cl)cc1. The van der Waals surface area contributed by atoms with Gasteiger partial charge >= 0.3 is 6.09 Å². The topological polar surface area (TPSA) is 201 Å². The molecule has 3 N–H and O–H groups in total. The van der Waals surface area contributed by atoms with E-state index in [0.29, 0.717) is 28.6 Å². The van der Waals surface area contributed by atoms with Crippen molar-refractivity contribution in [1.29, 1.82) is 0 Å². The molecule has 15 nitrogen and oxygen atoms in total. The first-order chi connectivity index (χ1) is 26.0. The summed E-state index contributed by atoms with van der Waals surface area (Å²) in [5.41, 5.74) is -1.68. The highest BCUT2D eigenvalue weighted by Crippen LogP contribution is 2.48. The molecule has 3 aliphatic rings. The maximum absolute atomic E-state index is 14.6. The van der Waals surface area contributed by atoms with Gasteiger partial charge in [-0.05, 0) is 110 Å². The average Bonchev–Trinajstić information content (AvgIpc) is 3.43. The number of halogens is 1. The number of Topliss-reactive ketones (excluding diaryl/α,β-unsaturated/α-hetero) is 1. The van der Waals surface area contributed by atoms with E-state index in [2.05, 4.69) is 37.3 Å². The molecule has 17 heteroatoms. The van der Waals surface area contributed by atoms with Crippen LogP contribution in [0.15, 0.2) is 66.1 Å². The number of hydrogen-bond acceptors (Lipinski definition) is 11. The molecule has 6 rings (SSSR count). The molecule has 0 aliphatic heterocycles. The van der Waals surface area contributed by atoms with Crippen molar-refractivity contribution in [3.8, 4) is 17.1 Å². The monoisotopic (exact) mass is 795 g/mol. The van der Waals surface area contributed by atoms with Crippen LogP contribution in [0.4, 0.5) is 4.79 Å². The Balaban J connectivity index is 1.28. The maximum Gasteiger partial charge on any atom is 0.408 e. The third kappa shape index (κ3) is 8.70. The van der Waals surface area contributed by atoms with E-state index >= 15 is 0 Å². The first kappa shape index (κ1) is 39.9. The molecule has 2 aromatic carbocycles. The molecule has 0 saturated heterocycles. The number of tetrazole rings is 1. The van der Waals surface area contributed by atoms with Crippen molar-refractivity contribution < 1.29 is 37.1 Å². The number of hydrogen-bond donors (Lipinski definition) is 3. The van der Waals surface area contributed by atoms with Crippen molar-refractivity contribution in [3.63, 3.8) is 0 Å². The lowest BCUT2D eigenvalue weighted by molar-refractivity contribution is -0.137. The third-order valence-electron chi connectivity index (χ3n) is 10.7. The number of ether oxygens (including phenoxy) is 2. The number of amides is 3. The smallest absolute Gasteiger partial charge is 0.408 e. The molecule has 3 amide bonds. The zero-order valence-corrected chi connectivity index (χ0v) is 32.7. The normalized spacial score (nSPS) is 24.2. The molecule has 3 fully saturated rings. The number of alkyl carbamates (subject to hydrolysis) is 1. The zero-order chi connectivity index (χ0) is 39.7. The van der Waals surface area contributed by atoms with Gasteiger partial charge in [0.2, 0.25) is 11.7 Å². The number of ketones is 1. The van der Waals surface area contributed by atoms with Crippen LogP contribution in [0.3, 0.4) is 0 Å². The van der Waals surface area contributed by atoms with Gasteiger partial charge in [-0.2, -0.15) is 4.80 Å². The lowest BCUT2D eigenvalue weighted by Gasteiger charge is -2.34. The second kappa shape index (κ2) is 15.7. The highest BCUT2D eigenvalue weighted by atomic mass is 35.5. The molecule has 3 saturated carbocycles.